The molecule has 0 spiro atoms. The largest absolute Gasteiger partial charge is 0.378 e. The first kappa shape index (κ1) is 19.3. The fourth-order valence-corrected chi connectivity index (χ4v) is 4.03. The number of morpholine rings is 1. The predicted octanol–water partition coefficient (Wildman–Crippen LogP) is 2.92. The monoisotopic (exact) mass is 413 g/mol. The second-order valence-corrected chi connectivity index (χ2v) is 7.60. The van der Waals surface area contributed by atoms with E-state index in [1.54, 1.807) is 16.8 Å². The molecular formula is C24H23N5O2. The fourth-order valence-electron chi connectivity index (χ4n) is 4.03. The van der Waals surface area contributed by atoms with Crippen LogP contribution >= 0.6 is 0 Å². The summed E-state index contributed by atoms with van der Waals surface area (Å²) in [5.74, 6) is -0.485. The van der Waals surface area contributed by atoms with Crippen molar-refractivity contribution in [3.8, 4) is 11.1 Å². The minimum Gasteiger partial charge on any atom is -0.378 e. The van der Waals surface area contributed by atoms with Crippen LogP contribution < -0.4 is 10.6 Å². The van der Waals surface area contributed by atoms with E-state index in [9.17, 15) is 4.79 Å². The van der Waals surface area contributed by atoms with E-state index in [1.165, 1.54) is 5.69 Å². The number of imidazole rings is 1. The van der Waals surface area contributed by atoms with Crippen molar-refractivity contribution >= 4 is 17.2 Å². The van der Waals surface area contributed by atoms with Gasteiger partial charge in [0.2, 0.25) is 0 Å². The van der Waals surface area contributed by atoms with Crippen molar-refractivity contribution in [1.29, 1.82) is 0 Å². The molecular weight excluding hydrogens is 390 g/mol. The minimum absolute atomic E-state index is 0.421. The molecule has 1 aromatic carbocycles. The minimum atomic E-state index is -0.485. The Hall–Kier alpha value is -3.71. The fraction of sp³-hybridized carbons (Fsp3) is 0.208. The highest BCUT2D eigenvalue weighted by molar-refractivity contribution is 5.93. The summed E-state index contributed by atoms with van der Waals surface area (Å²) in [4.78, 5) is 23.5. The molecule has 0 radical (unpaired) electrons. The third-order valence-corrected chi connectivity index (χ3v) is 5.61. The zero-order valence-corrected chi connectivity index (χ0v) is 17.1. The Kier molecular flexibility index (Phi) is 5.09. The van der Waals surface area contributed by atoms with Gasteiger partial charge in [-0.05, 0) is 41.5 Å². The number of aromatic nitrogens is 3. The number of carbonyl (C=O) groups excluding carboxylic acids is 1. The van der Waals surface area contributed by atoms with E-state index in [4.69, 9.17) is 15.5 Å². The highest BCUT2D eigenvalue weighted by atomic mass is 16.5. The van der Waals surface area contributed by atoms with Crippen LogP contribution in [0.3, 0.4) is 0 Å². The van der Waals surface area contributed by atoms with E-state index in [0.717, 1.165) is 43.0 Å². The highest BCUT2D eigenvalue weighted by Crippen LogP contribution is 2.24. The summed E-state index contributed by atoms with van der Waals surface area (Å²) in [6.45, 7) is 3.31. The Morgan fingerprint density at radius 2 is 1.87 bits per heavy atom. The summed E-state index contributed by atoms with van der Waals surface area (Å²) in [6, 6.07) is 16.2. The summed E-state index contributed by atoms with van der Waals surface area (Å²) in [5.41, 5.74) is 11.7. The van der Waals surface area contributed by atoms with E-state index in [1.807, 2.05) is 30.5 Å². The van der Waals surface area contributed by atoms with E-state index < -0.39 is 5.91 Å². The van der Waals surface area contributed by atoms with Crippen LogP contribution in [0.1, 0.15) is 21.7 Å². The van der Waals surface area contributed by atoms with E-state index in [-0.39, 0.29) is 0 Å². The summed E-state index contributed by atoms with van der Waals surface area (Å²) in [6.07, 6.45) is 5.92. The average Bonchev–Trinajstić information content (AvgIpc) is 3.18. The molecule has 4 aromatic rings. The number of nitrogens with zero attached hydrogens (tertiary/aromatic N) is 4. The van der Waals surface area contributed by atoms with E-state index in [0.29, 0.717) is 23.5 Å². The lowest BCUT2D eigenvalue weighted by atomic mass is 10.1. The molecule has 3 aromatic heterocycles. The molecule has 0 atom stereocenters. The zero-order valence-electron chi connectivity index (χ0n) is 17.1. The zero-order chi connectivity index (χ0) is 21.2. The van der Waals surface area contributed by atoms with Gasteiger partial charge < -0.3 is 15.4 Å². The number of rotatable bonds is 5. The number of primary amides is 1. The third-order valence-electron chi connectivity index (χ3n) is 5.61. The number of fused-ring (bicyclic) bond motifs is 1. The molecule has 0 unspecified atom stereocenters. The molecule has 7 heteroatoms. The molecule has 4 heterocycles. The maximum Gasteiger partial charge on any atom is 0.267 e. The number of hydrogen-bond acceptors (Lipinski definition) is 5. The van der Waals surface area contributed by atoms with Crippen molar-refractivity contribution in [3.63, 3.8) is 0 Å². The summed E-state index contributed by atoms with van der Waals surface area (Å²) >= 11 is 0. The lowest BCUT2D eigenvalue weighted by Gasteiger charge is -2.28. The molecule has 0 aliphatic carbocycles. The van der Waals surface area contributed by atoms with Crippen molar-refractivity contribution in [2.75, 3.05) is 31.2 Å². The van der Waals surface area contributed by atoms with Gasteiger partial charge in [0, 0.05) is 49.4 Å². The Bertz CT molecular complexity index is 1210. The van der Waals surface area contributed by atoms with Crippen LogP contribution in [-0.4, -0.2) is 46.6 Å². The number of carbonyl (C=O) groups is 1. The van der Waals surface area contributed by atoms with E-state index >= 15 is 0 Å². The SMILES string of the molecule is NC(=O)c1c(Cc2ccc(N3CCOCC3)cc2)nc2cc(-c3cccnc3)ccn12. The van der Waals surface area contributed by atoms with Gasteiger partial charge in [0.05, 0.1) is 18.9 Å². The van der Waals surface area contributed by atoms with Crippen LogP contribution in [0.15, 0.2) is 67.1 Å². The van der Waals surface area contributed by atoms with Gasteiger partial charge in [-0.25, -0.2) is 4.98 Å². The van der Waals surface area contributed by atoms with Crippen molar-refractivity contribution in [2.24, 2.45) is 5.73 Å². The first-order chi connectivity index (χ1) is 15.2. The van der Waals surface area contributed by atoms with Gasteiger partial charge in [-0.15, -0.1) is 0 Å². The first-order valence-electron chi connectivity index (χ1n) is 10.3. The second kappa shape index (κ2) is 8.20. The average molecular weight is 413 g/mol. The lowest BCUT2D eigenvalue weighted by Crippen LogP contribution is -2.36. The highest BCUT2D eigenvalue weighted by Gasteiger charge is 2.18. The summed E-state index contributed by atoms with van der Waals surface area (Å²) in [7, 11) is 0. The van der Waals surface area contributed by atoms with Crippen molar-refractivity contribution in [1.82, 2.24) is 14.4 Å². The van der Waals surface area contributed by atoms with Crippen molar-refractivity contribution in [2.45, 2.75) is 6.42 Å². The molecule has 0 saturated carbocycles. The molecule has 1 saturated heterocycles. The van der Waals surface area contributed by atoms with Crippen molar-refractivity contribution in [3.05, 3.63) is 84.1 Å². The maximum absolute atomic E-state index is 12.2. The Morgan fingerprint density at radius 3 is 2.58 bits per heavy atom. The van der Waals surface area contributed by atoms with Crippen molar-refractivity contribution < 1.29 is 9.53 Å². The molecule has 0 bridgehead atoms. The molecule has 5 rings (SSSR count). The maximum atomic E-state index is 12.2. The van der Waals surface area contributed by atoms with Crippen LogP contribution in [0, 0.1) is 0 Å². The van der Waals surface area contributed by atoms with Crippen LogP contribution in [0.2, 0.25) is 0 Å². The molecule has 31 heavy (non-hydrogen) atoms. The molecule has 1 fully saturated rings. The number of amides is 1. The molecule has 2 N–H and O–H groups in total. The van der Waals surface area contributed by atoms with Gasteiger partial charge in [0.1, 0.15) is 11.3 Å². The van der Waals surface area contributed by atoms with Gasteiger partial charge in [0.15, 0.2) is 0 Å². The second-order valence-electron chi connectivity index (χ2n) is 7.60. The van der Waals surface area contributed by atoms with Gasteiger partial charge in [0.25, 0.3) is 5.91 Å². The predicted molar refractivity (Wildman–Crippen MR) is 119 cm³/mol. The quantitative estimate of drug-likeness (QED) is 0.544. The molecule has 156 valence electrons. The number of benzene rings is 1. The van der Waals surface area contributed by atoms with Crippen LogP contribution in [0.5, 0.6) is 0 Å². The Labute approximate surface area is 180 Å². The summed E-state index contributed by atoms with van der Waals surface area (Å²) < 4.78 is 7.19. The molecule has 1 aliphatic rings. The third kappa shape index (κ3) is 3.87. The first-order valence-corrected chi connectivity index (χ1v) is 10.3. The molecule has 1 aliphatic heterocycles. The summed E-state index contributed by atoms with van der Waals surface area (Å²) in [5, 5.41) is 0. The smallest absolute Gasteiger partial charge is 0.267 e. The van der Waals surface area contributed by atoms with E-state index in [2.05, 4.69) is 34.1 Å². The number of pyridine rings is 2. The lowest BCUT2D eigenvalue weighted by molar-refractivity contribution is 0.0994. The molecule has 1 amide bonds. The Morgan fingerprint density at radius 1 is 1.06 bits per heavy atom. The van der Waals surface area contributed by atoms with Crippen LogP contribution in [0.4, 0.5) is 5.69 Å². The Balaban J connectivity index is 1.46. The number of anilines is 1. The standard InChI is InChI=1S/C24H23N5O2/c25-24(30)23-21(14-17-3-5-20(6-4-17)28-10-12-31-13-11-28)27-22-15-18(7-9-29(22)23)19-2-1-8-26-16-19/h1-9,15-16H,10-14H2,(H2,25,30). The number of nitrogens with two attached hydrogens (primary N) is 1. The number of ether oxygens (including phenoxy) is 1. The number of hydrogen-bond donors (Lipinski definition) is 1. The van der Waals surface area contributed by atoms with Crippen LogP contribution in [0.25, 0.3) is 16.8 Å². The van der Waals surface area contributed by atoms with Gasteiger partial charge >= 0.3 is 0 Å². The van der Waals surface area contributed by atoms with Crippen LogP contribution in [-0.2, 0) is 11.2 Å². The normalized spacial score (nSPS) is 14.1. The van der Waals surface area contributed by atoms with Gasteiger partial charge in [-0.1, -0.05) is 18.2 Å². The van der Waals surface area contributed by atoms with Gasteiger partial charge in [-0.3, -0.25) is 14.2 Å². The van der Waals surface area contributed by atoms with Gasteiger partial charge in [-0.2, -0.15) is 0 Å². The molecule has 7 nitrogen and oxygen atoms in total. The topological polar surface area (TPSA) is 85.8 Å².